The van der Waals surface area contributed by atoms with Crippen molar-refractivity contribution in [3.63, 3.8) is 0 Å². The fourth-order valence-electron chi connectivity index (χ4n) is 1.92. The summed E-state index contributed by atoms with van der Waals surface area (Å²) in [6, 6.07) is 5.39. The molecular formula is C13H15N3O4S. The first-order chi connectivity index (χ1) is 9.97. The summed E-state index contributed by atoms with van der Waals surface area (Å²) in [5.74, 6) is -0.495. The summed E-state index contributed by atoms with van der Waals surface area (Å²) in [4.78, 5) is 35.5. The fraction of sp³-hybridized carbons (Fsp3) is 0.308. The van der Waals surface area contributed by atoms with E-state index in [4.69, 9.17) is 5.11 Å². The molecule has 1 aliphatic heterocycles. The maximum atomic E-state index is 12.1. The second-order valence-electron chi connectivity index (χ2n) is 4.52. The number of carbonyl (C=O) groups is 3. The van der Waals surface area contributed by atoms with Gasteiger partial charge in [0.15, 0.2) is 0 Å². The van der Waals surface area contributed by atoms with E-state index in [1.165, 1.54) is 23.6 Å². The van der Waals surface area contributed by atoms with E-state index in [-0.39, 0.29) is 5.91 Å². The van der Waals surface area contributed by atoms with E-state index >= 15 is 0 Å². The van der Waals surface area contributed by atoms with Gasteiger partial charge < -0.3 is 20.6 Å². The molecule has 0 spiro atoms. The van der Waals surface area contributed by atoms with Crippen LogP contribution >= 0.6 is 11.8 Å². The van der Waals surface area contributed by atoms with Crippen molar-refractivity contribution in [1.29, 1.82) is 0 Å². The monoisotopic (exact) mass is 309 g/mol. The van der Waals surface area contributed by atoms with Crippen molar-refractivity contribution in [1.82, 2.24) is 4.90 Å². The van der Waals surface area contributed by atoms with E-state index in [2.05, 4.69) is 10.6 Å². The Morgan fingerprint density at radius 3 is 2.57 bits per heavy atom. The number of aliphatic carboxylic acids is 1. The van der Waals surface area contributed by atoms with E-state index in [0.717, 1.165) is 0 Å². The second kappa shape index (κ2) is 6.49. The minimum Gasteiger partial charge on any atom is -0.480 e. The van der Waals surface area contributed by atoms with Crippen molar-refractivity contribution in [3.8, 4) is 0 Å². The molecule has 21 heavy (non-hydrogen) atoms. The van der Waals surface area contributed by atoms with Crippen LogP contribution in [0.1, 0.15) is 6.92 Å². The number of urea groups is 1. The first-order valence-corrected chi connectivity index (χ1v) is 7.38. The van der Waals surface area contributed by atoms with Gasteiger partial charge in [-0.25, -0.2) is 9.59 Å². The van der Waals surface area contributed by atoms with Gasteiger partial charge >= 0.3 is 12.0 Å². The van der Waals surface area contributed by atoms with Gasteiger partial charge in [-0.3, -0.25) is 4.79 Å². The van der Waals surface area contributed by atoms with Gasteiger partial charge in [0, 0.05) is 24.1 Å². The lowest BCUT2D eigenvalue weighted by molar-refractivity contribution is -0.140. The number of hydrogen-bond acceptors (Lipinski definition) is 4. The SMILES string of the molecule is CC(=O)Nc1cccc(NC(=O)N2CSCC2C(=O)O)c1. The van der Waals surface area contributed by atoms with Crippen LogP contribution in [0, 0.1) is 0 Å². The van der Waals surface area contributed by atoms with Crippen LogP contribution in [0.2, 0.25) is 0 Å². The molecule has 1 heterocycles. The van der Waals surface area contributed by atoms with Gasteiger partial charge in [-0.05, 0) is 18.2 Å². The number of carbonyl (C=O) groups excluding carboxylic acids is 2. The third-order valence-corrected chi connectivity index (χ3v) is 3.87. The van der Waals surface area contributed by atoms with Crippen LogP contribution < -0.4 is 10.6 Å². The number of nitrogens with zero attached hydrogens (tertiary/aromatic N) is 1. The van der Waals surface area contributed by atoms with E-state index in [9.17, 15) is 14.4 Å². The fourth-order valence-corrected chi connectivity index (χ4v) is 3.07. The Balaban J connectivity index is 2.05. The van der Waals surface area contributed by atoms with E-state index in [0.29, 0.717) is 23.0 Å². The van der Waals surface area contributed by atoms with Gasteiger partial charge in [0.1, 0.15) is 6.04 Å². The predicted octanol–water partition coefficient (Wildman–Crippen LogP) is 1.64. The van der Waals surface area contributed by atoms with Crippen LogP contribution in [0.5, 0.6) is 0 Å². The average Bonchev–Trinajstić information content (AvgIpc) is 2.87. The molecule has 1 aliphatic rings. The second-order valence-corrected chi connectivity index (χ2v) is 5.52. The van der Waals surface area contributed by atoms with Gasteiger partial charge in [-0.2, -0.15) is 0 Å². The van der Waals surface area contributed by atoms with Gasteiger partial charge in [-0.1, -0.05) is 6.07 Å². The number of carboxylic acid groups (broad SMARTS) is 1. The molecule has 7 nitrogen and oxygen atoms in total. The maximum absolute atomic E-state index is 12.1. The van der Waals surface area contributed by atoms with Crippen LogP contribution in [-0.2, 0) is 9.59 Å². The first kappa shape index (κ1) is 15.2. The molecule has 3 amide bonds. The highest BCUT2D eigenvalue weighted by molar-refractivity contribution is 7.99. The van der Waals surface area contributed by atoms with Crippen LogP contribution in [0.3, 0.4) is 0 Å². The highest BCUT2D eigenvalue weighted by atomic mass is 32.2. The van der Waals surface area contributed by atoms with Crippen molar-refractivity contribution < 1.29 is 19.5 Å². The summed E-state index contributed by atoms with van der Waals surface area (Å²) in [5, 5.41) is 14.3. The molecular weight excluding hydrogens is 294 g/mol. The maximum Gasteiger partial charge on any atom is 0.327 e. The average molecular weight is 309 g/mol. The van der Waals surface area contributed by atoms with Crippen LogP contribution in [0.4, 0.5) is 16.2 Å². The lowest BCUT2D eigenvalue weighted by atomic mass is 10.2. The lowest BCUT2D eigenvalue weighted by Gasteiger charge is -2.21. The van der Waals surface area contributed by atoms with Crippen LogP contribution in [0.25, 0.3) is 0 Å². The molecule has 0 aliphatic carbocycles. The van der Waals surface area contributed by atoms with Crippen LogP contribution in [0.15, 0.2) is 24.3 Å². The number of amides is 3. The van der Waals surface area contributed by atoms with Crippen molar-refractivity contribution in [2.24, 2.45) is 0 Å². The molecule has 0 saturated carbocycles. The zero-order chi connectivity index (χ0) is 15.4. The van der Waals surface area contributed by atoms with Gasteiger partial charge in [-0.15, -0.1) is 11.8 Å². The molecule has 2 rings (SSSR count). The zero-order valence-corrected chi connectivity index (χ0v) is 12.1. The number of carboxylic acids is 1. The molecule has 1 unspecified atom stereocenters. The summed E-state index contributed by atoms with van der Waals surface area (Å²) in [6.07, 6.45) is 0. The summed E-state index contributed by atoms with van der Waals surface area (Å²) in [6.45, 7) is 1.39. The Hall–Kier alpha value is -2.22. The summed E-state index contributed by atoms with van der Waals surface area (Å²) in [7, 11) is 0. The summed E-state index contributed by atoms with van der Waals surface area (Å²) in [5.41, 5.74) is 1.05. The Bertz CT molecular complexity index is 578. The number of rotatable bonds is 3. The molecule has 1 aromatic rings. The zero-order valence-electron chi connectivity index (χ0n) is 11.3. The van der Waals surface area contributed by atoms with Crippen molar-refractivity contribution in [3.05, 3.63) is 24.3 Å². The minimum atomic E-state index is -1.01. The number of thioether (sulfide) groups is 1. The Morgan fingerprint density at radius 1 is 1.29 bits per heavy atom. The lowest BCUT2D eigenvalue weighted by Crippen LogP contribution is -2.43. The van der Waals surface area contributed by atoms with Gasteiger partial charge in [0.2, 0.25) is 5.91 Å². The summed E-state index contributed by atoms with van der Waals surface area (Å²) >= 11 is 1.40. The molecule has 3 N–H and O–H groups in total. The van der Waals surface area contributed by atoms with Crippen LogP contribution in [-0.4, -0.2) is 45.6 Å². The normalized spacial score (nSPS) is 17.4. The largest absolute Gasteiger partial charge is 0.480 e. The topological polar surface area (TPSA) is 98.7 Å². The first-order valence-electron chi connectivity index (χ1n) is 6.23. The number of nitrogens with one attached hydrogen (secondary N) is 2. The third kappa shape index (κ3) is 3.88. The highest BCUT2D eigenvalue weighted by Gasteiger charge is 2.34. The van der Waals surface area contributed by atoms with E-state index < -0.39 is 18.0 Å². The van der Waals surface area contributed by atoms with Gasteiger partial charge in [0.25, 0.3) is 0 Å². The predicted molar refractivity (Wildman–Crippen MR) is 80.4 cm³/mol. The molecule has 0 radical (unpaired) electrons. The van der Waals surface area contributed by atoms with Crippen molar-refractivity contribution in [2.45, 2.75) is 13.0 Å². The highest BCUT2D eigenvalue weighted by Crippen LogP contribution is 2.23. The van der Waals surface area contributed by atoms with E-state index in [1.807, 2.05) is 0 Å². The molecule has 1 atom stereocenters. The number of benzene rings is 1. The Kier molecular flexibility index (Phi) is 4.69. The molecule has 1 aromatic carbocycles. The molecule has 1 saturated heterocycles. The minimum absolute atomic E-state index is 0.208. The molecule has 0 bridgehead atoms. The standard InChI is InChI=1S/C13H15N3O4S/c1-8(17)14-9-3-2-4-10(5-9)15-13(20)16-7-21-6-11(16)12(18)19/h2-5,11H,6-7H2,1H3,(H,14,17)(H,15,20)(H,18,19). The summed E-state index contributed by atoms with van der Waals surface area (Å²) < 4.78 is 0. The molecule has 8 heteroatoms. The molecule has 112 valence electrons. The smallest absolute Gasteiger partial charge is 0.327 e. The van der Waals surface area contributed by atoms with E-state index in [1.54, 1.807) is 24.3 Å². The third-order valence-electron chi connectivity index (χ3n) is 2.86. The number of hydrogen-bond donors (Lipinski definition) is 3. The van der Waals surface area contributed by atoms with Crippen molar-refractivity contribution in [2.75, 3.05) is 22.3 Å². The Morgan fingerprint density at radius 2 is 1.95 bits per heavy atom. The molecule has 0 aromatic heterocycles. The van der Waals surface area contributed by atoms with Crippen molar-refractivity contribution >= 4 is 41.0 Å². The Labute approximate surface area is 125 Å². The molecule has 1 fully saturated rings. The van der Waals surface area contributed by atoms with Gasteiger partial charge in [0.05, 0.1) is 5.88 Å². The quantitative estimate of drug-likeness (QED) is 0.788. The number of anilines is 2.